The highest BCUT2D eigenvalue weighted by atomic mass is 16.2. The highest BCUT2D eigenvalue weighted by molar-refractivity contribution is 5.76. The Labute approximate surface area is 143 Å². The van der Waals surface area contributed by atoms with Crippen LogP contribution in [0.3, 0.4) is 0 Å². The molecule has 1 amide bonds. The van der Waals surface area contributed by atoms with Crippen LogP contribution in [0.1, 0.15) is 37.6 Å². The number of amides is 1. The number of nitrogens with zero attached hydrogens (tertiary/aromatic N) is 4. The molecule has 6 nitrogen and oxygen atoms in total. The molecule has 0 N–H and O–H groups in total. The maximum atomic E-state index is 12.8. The van der Waals surface area contributed by atoms with Gasteiger partial charge < -0.3 is 4.90 Å². The molecule has 6 heteroatoms. The fourth-order valence-electron chi connectivity index (χ4n) is 4.15. The average molecular weight is 332 g/mol. The smallest absolute Gasteiger partial charge is 0.339 e. The molecule has 1 aromatic rings. The van der Waals surface area contributed by atoms with Crippen molar-refractivity contribution >= 4 is 5.91 Å². The molecule has 3 fully saturated rings. The third-order valence-electron chi connectivity index (χ3n) is 5.33. The lowest BCUT2D eigenvalue weighted by Crippen LogP contribution is -2.45. The second-order valence-corrected chi connectivity index (χ2v) is 7.30. The fourth-order valence-corrected chi connectivity index (χ4v) is 4.15. The Kier molecular flexibility index (Phi) is 5.04. The maximum Gasteiger partial charge on any atom is 0.348 e. The van der Waals surface area contributed by atoms with Crippen LogP contribution in [0.2, 0.25) is 0 Å². The summed E-state index contributed by atoms with van der Waals surface area (Å²) in [4.78, 5) is 33.4. The summed E-state index contributed by atoms with van der Waals surface area (Å²) >= 11 is 0. The first-order valence-corrected chi connectivity index (χ1v) is 9.04. The number of aryl methyl sites for hydroxylation is 2. The van der Waals surface area contributed by atoms with Gasteiger partial charge in [-0.1, -0.05) is 6.92 Å². The van der Waals surface area contributed by atoms with Gasteiger partial charge in [0, 0.05) is 37.1 Å². The molecule has 0 saturated carbocycles. The van der Waals surface area contributed by atoms with Gasteiger partial charge >= 0.3 is 5.69 Å². The van der Waals surface area contributed by atoms with E-state index in [1.54, 1.807) is 6.92 Å². The molecule has 0 aromatic carbocycles. The Morgan fingerprint density at radius 2 is 2.04 bits per heavy atom. The van der Waals surface area contributed by atoms with Crippen molar-refractivity contribution in [3.8, 4) is 0 Å². The first-order valence-electron chi connectivity index (χ1n) is 9.04. The first-order chi connectivity index (χ1) is 11.5. The van der Waals surface area contributed by atoms with Gasteiger partial charge in [-0.05, 0) is 51.6 Å². The van der Waals surface area contributed by atoms with Gasteiger partial charge in [0.15, 0.2) is 0 Å². The lowest BCUT2D eigenvalue weighted by atomic mass is 9.95. The van der Waals surface area contributed by atoms with E-state index in [1.807, 2.05) is 17.9 Å². The zero-order chi connectivity index (χ0) is 17.3. The molecular weight excluding hydrogens is 304 g/mol. The number of carbonyl (C=O) groups is 1. The second kappa shape index (κ2) is 7.05. The van der Waals surface area contributed by atoms with Crippen LogP contribution in [0.25, 0.3) is 0 Å². The Morgan fingerprint density at radius 3 is 2.75 bits per heavy atom. The molecule has 24 heavy (non-hydrogen) atoms. The third-order valence-corrected chi connectivity index (χ3v) is 5.33. The van der Waals surface area contributed by atoms with Crippen LogP contribution in [-0.4, -0.2) is 57.5 Å². The Bertz CT molecular complexity index is 669. The van der Waals surface area contributed by atoms with E-state index in [2.05, 4.69) is 16.8 Å². The highest BCUT2D eigenvalue weighted by Gasteiger charge is 2.35. The van der Waals surface area contributed by atoms with Gasteiger partial charge in [0.25, 0.3) is 0 Å². The van der Waals surface area contributed by atoms with Crippen LogP contribution >= 0.6 is 0 Å². The SMILES string of the molecule is CCCN1C[C@H]2CC[C@@H]1CN(C(=O)Cn1c(C)cc(C)nc1=O)C2. The molecule has 2 bridgehead atoms. The molecule has 3 aliphatic heterocycles. The Morgan fingerprint density at radius 1 is 1.25 bits per heavy atom. The standard InChI is InChI=1S/C18H28N4O2/c1-4-7-20-9-15-5-6-16(20)11-21(10-15)17(23)12-22-14(3)8-13(2)19-18(22)24/h8,15-16H,4-7,9-12H2,1-3H3/t15-,16-/m1/s1. The molecule has 0 unspecified atom stereocenters. The predicted molar refractivity (Wildman–Crippen MR) is 92.9 cm³/mol. The van der Waals surface area contributed by atoms with Gasteiger partial charge in [-0.15, -0.1) is 0 Å². The van der Waals surface area contributed by atoms with E-state index >= 15 is 0 Å². The highest BCUT2D eigenvalue weighted by Crippen LogP contribution is 2.28. The average Bonchev–Trinajstić information content (AvgIpc) is 2.83. The molecule has 0 aliphatic carbocycles. The van der Waals surface area contributed by atoms with Crippen molar-refractivity contribution in [2.24, 2.45) is 5.92 Å². The molecule has 132 valence electrons. The molecule has 3 saturated heterocycles. The Hall–Kier alpha value is -1.69. The first kappa shape index (κ1) is 17.1. The molecule has 1 aromatic heterocycles. The van der Waals surface area contributed by atoms with Gasteiger partial charge in [0.05, 0.1) is 0 Å². The molecule has 0 radical (unpaired) electrons. The second-order valence-electron chi connectivity index (χ2n) is 7.30. The lowest BCUT2D eigenvalue weighted by Gasteiger charge is -2.35. The van der Waals surface area contributed by atoms with Crippen molar-refractivity contribution in [3.63, 3.8) is 0 Å². The normalized spacial score (nSPS) is 24.2. The summed E-state index contributed by atoms with van der Waals surface area (Å²) in [5, 5.41) is 0. The number of piperidine rings is 1. The van der Waals surface area contributed by atoms with Crippen LogP contribution in [0.15, 0.2) is 10.9 Å². The molecule has 3 aliphatic rings. The summed E-state index contributed by atoms with van der Waals surface area (Å²) in [6.07, 6.45) is 3.54. The van der Waals surface area contributed by atoms with Crippen LogP contribution in [0.5, 0.6) is 0 Å². The van der Waals surface area contributed by atoms with Gasteiger partial charge in [-0.3, -0.25) is 14.3 Å². The summed E-state index contributed by atoms with van der Waals surface area (Å²) in [6, 6.07) is 2.32. The molecule has 0 spiro atoms. The Balaban J connectivity index is 1.73. The number of fused-ring (bicyclic) bond motifs is 4. The summed E-state index contributed by atoms with van der Waals surface area (Å²) in [7, 11) is 0. The van der Waals surface area contributed by atoms with E-state index in [9.17, 15) is 9.59 Å². The molecular formula is C18H28N4O2. The van der Waals surface area contributed by atoms with Gasteiger partial charge in [0.1, 0.15) is 6.54 Å². The number of carbonyl (C=O) groups excluding carboxylic acids is 1. The number of rotatable bonds is 4. The van der Waals surface area contributed by atoms with Crippen molar-refractivity contribution in [1.82, 2.24) is 19.4 Å². The van der Waals surface area contributed by atoms with E-state index in [0.29, 0.717) is 17.7 Å². The van der Waals surface area contributed by atoms with Crippen molar-refractivity contribution in [3.05, 3.63) is 27.9 Å². The van der Waals surface area contributed by atoms with Crippen LogP contribution in [0, 0.1) is 19.8 Å². The van der Waals surface area contributed by atoms with Crippen molar-refractivity contribution in [2.75, 3.05) is 26.2 Å². The zero-order valence-electron chi connectivity index (χ0n) is 15.0. The molecule has 4 rings (SSSR count). The largest absolute Gasteiger partial charge is 0.348 e. The van der Waals surface area contributed by atoms with Crippen molar-refractivity contribution < 1.29 is 4.79 Å². The van der Waals surface area contributed by atoms with E-state index in [-0.39, 0.29) is 18.1 Å². The van der Waals surface area contributed by atoms with Crippen molar-refractivity contribution in [2.45, 2.75) is 52.6 Å². The molecule has 4 heterocycles. The van der Waals surface area contributed by atoms with Crippen LogP contribution in [-0.2, 0) is 11.3 Å². The third kappa shape index (κ3) is 3.53. The van der Waals surface area contributed by atoms with Gasteiger partial charge in [-0.2, -0.15) is 4.98 Å². The summed E-state index contributed by atoms with van der Waals surface area (Å²) in [5.74, 6) is 0.606. The minimum absolute atomic E-state index is 0.0427. The number of hydrogen-bond acceptors (Lipinski definition) is 4. The maximum absolute atomic E-state index is 12.8. The summed E-state index contributed by atoms with van der Waals surface area (Å²) < 4.78 is 1.49. The van der Waals surface area contributed by atoms with E-state index in [0.717, 1.165) is 38.3 Å². The van der Waals surface area contributed by atoms with Gasteiger partial charge in [-0.25, -0.2) is 4.79 Å². The topological polar surface area (TPSA) is 58.4 Å². The fraction of sp³-hybridized carbons (Fsp3) is 0.722. The number of aromatic nitrogens is 2. The zero-order valence-corrected chi connectivity index (χ0v) is 15.0. The van der Waals surface area contributed by atoms with Crippen molar-refractivity contribution in [1.29, 1.82) is 0 Å². The van der Waals surface area contributed by atoms with Crippen LogP contribution < -0.4 is 5.69 Å². The molecule has 2 atom stereocenters. The minimum Gasteiger partial charge on any atom is -0.339 e. The summed E-state index contributed by atoms with van der Waals surface area (Å²) in [5.41, 5.74) is 1.17. The van der Waals surface area contributed by atoms with E-state index in [4.69, 9.17) is 0 Å². The van der Waals surface area contributed by atoms with Gasteiger partial charge in [0.2, 0.25) is 5.91 Å². The quantitative estimate of drug-likeness (QED) is 0.831. The summed E-state index contributed by atoms with van der Waals surface area (Å²) in [6.45, 7) is 9.81. The monoisotopic (exact) mass is 332 g/mol. The number of hydrogen-bond donors (Lipinski definition) is 0. The predicted octanol–water partition coefficient (Wildman–Crippen LogP) is 1.19. The van der Waals surface area contributed by atoms with E-state index in [1.165, 1.54) is 17.4 Å². The minimum atomic E-state index is -0.328. The lowest BCUT2D eigenvalue weighted by molar-refractivity contribution is -0.132. The van der Waals surface area contributed by atoms with Crippen LogP contribution in [0.4, 0.5) is 0 Å². The van der Waals surface area contributed by atoms with E-state index < -0.39 is 0 Å².